The van der Waals surface area contributed by atoms with E-state index in [1.807, 2.05) is 0 Å². The normalized spacial score (nSPS) is 25.3. The second kappa shape index (κ2) is 10.5. The molecule has 2 saturated heterocycles. The summed E-state index contributed by atoms with van der Waals surface area (Å²) in [5.74, 6) is -1.11. The predicted octanol–water partition coefficient (Wildman–Crippen LogP) is 2.84. The maximum Gasteiger partial charge on any atom is 0.229 e. The van der Waals surface area contributed by atoms with E-state index in [4.69, 9.17) is 4.74 Å². The number of nitrogens with one attached hydrogen (secondary N) is 1. The lowest BCUT2D eigenvalue weighted by molar-refractivity contribution is -0.136. The second-order valence-electron chi connectivity index (χ2n) is 10.1. The lowest BCUT2D eigenvalue weighted by Crippen LogP contribution is -2.50. The maximum absolute atomic E-state index is 14.4. The highest BCUT2D eigenvalue weighted by atomic mass is 32.2. The number of carbonyl (C=O) groups excluding carboxylic acids is 2. The minimum Gasteiger partial charge on any atom is -0.490 e. The molecule has 1 aromatic rings. The number of benzene rings is 1. The molecule has 4 rings (SSSR count). The van der Waals surface area contributed by atoms with E-state index in [0.29, 0.717) is 50.3 Å². The number of halogens is 1. The van der Waals surface area contributed by atoms with E-state index in [9.17, 15) is 27.5 Å². The van der Waals surface area contributed by atoms with Crippen LogP contribution < -0.4 is 10.1 Å². The topological polar surface area (TPSA) is 113 Å². The van der Waals surface area contributed by atoms with E-state index in [1.54, 1.807) is 6.92 Å². The maximum atomic E-state index is 14.4. The van der Waals surface area contributed by atoms with Crippen molar-refractivity contribution in [3.63, 3.8) is 0 Å². The molecule has 3 aliphatic rings. The molecule has 0 bridgehead atoms. The third-order valence-electron chi connectivity index (χ3n) is 7.56. The van der Waals surface area contributed by atoms with Crippen molar-refractivity contribution >= 4 is 21.8 Å². The predicted molar refractivity (Wildman–Crippen MR) is 127 cm³/mol. The summed E-state index contributed by atoms with van der Waals surface area (Å²) in [5, 5.41) is 14.1. The van der Waals surface area contributed by atoms with Gasteiger partial charge in [0.2, 0.25) is 21.8 Å². The van der Waals surface area contributed by atoms with Gasteiger partial charge < -0.3 is 9.84 Å². The Kier molecular flexibility index (Phi) is 7.83. The Morgan fingerprint density at radius 3 is 2.69 bits per heavy atom. The summed E-state index contributed by atoms with van der Waals surface area (Å²) in [7, 11) is -3.70. The second-order valence-corrected chi connectivity index (χ2v) is 12.1. The van der Waals surface area contributed by atoms with Gasteiger partial charge in [0.15, 0.2) is 11.6 Å². The quantitative estimate of drug-likeness (QED) is 0.443. The molecule has 0 spiro atoms. The van der Waals surface area contributed by atoms with Gasteiger partial charge in [0.1, 0.15) is 5.60 Å². The van der Waals surface area contributed by atoms with Gasteiger partial charge in [0.25, 0.3) is 0 Å². The van der Waals surface area contributed by atoms with E-state index >= 15 is 0 Å². The molecule has 2 amide bonds. The number of carbonyl (C=O) groups is 2. The standard InChI is InChI=1S/C25H35FN2O6S/c1-2-25(31,19-10-11-20(26)21(15-19)34-16-17-7-8-17)22-6-3-13-28(22)35(32,33)14-4-5-18-9-12-23(29)27-24(18)30/h10-11,15,17-18,22,31H,2-9,12-14,16H2,1H3,(H,27,29,30). The molecule has 8 nitrogen and oxygen atoms in total. The number of hydrogen-bond acceptors (Lipinski definition) is 6. The van der Waals surface area contributed by atoms with Crippen LogP contribution in [-0.4, -0.2) is 54.6 Å². The van der Waals surface area contributed by atoms with E-state index in [1.165, 1.54) is 22.5 Å². The molecule has 2 aliphatic heterocycles. The Morgan fingerprint density at radius 2 is 2.00 bits per heavy atom. The fraction of sp³-hybridized carbons (Fsp3) is 0.680. The monoisotopic (exact) mass is 510 g/mol. The van der Waals surface area contributed by atoms with E-state index in [2.05, 4.69) is 5.32 Å². The third kappa shape index (κ3) is 5.86. The van der Waals surface area contributed by atoms with Crippen molar-refractivity contribution < 1.29 is 32.2 Å². The number of amides is 2. The molecule has 0 radical (unpaired) electrons. The van der Waals surface area contributed by atoms with E-state index < -0.39 is 27.5 Å². The fourth-order valence-electron chi connectivity index (χ4n) is 5.20. The third-order valence-corrected chi connectivity index (χ3v) is 9.52. The summed E-state index contributed by atoms with van der Waals surface area (Å²) in [5.41, 5.74) is -1.04. The molecule has 35 heavy (non-hydrogen) atoms. The van der Waals surface area contributed by atoms with Crippen LogP contribution in [0.5, 0.6) is 5.75 Å². The van der Waals surface area contributed by atoms with Gasteiger partial charge in [0, 0.05) is 18.9 Å². The van der Waals surface area contributed by atoms with Gasteiger partial charge >= 0.3 is 0 Å². The molecule has 3 unspecified atom stereocenters. The van der Waals surface area contributed by atoms with Crippen molar-refractivity contribution in [2.45, 2.75) is 76.4 Å². The van der Waals surface area contributed by atoms with E-state index in [0.717, 1.165) is 12.8 Å². The largest absolute Gasteiger partial charge is 0.490 e. The molecule has 194 valence electrons. The first kappa shape index (κ1) is 26.0. The minimum atomic E-state index is -3.70. The van der Waals surface area contributed by atoms with Crippen molar-refractivity contribution in [3.05, 3.63) is 29.6 Å². The zero-order chi connectivity index (χ0) is 25.2. The first-order chi connectivity index (χ1) is 16.6. The van der Waals surface area contributed by atoms with Crippen molar-refractivity contribution in [1.29, 1.82) is 0 Å². The molecule has 3 fully saturated rings. The molecule has 1 aliphatic carbocycles. The number of aliphatic hydroxyl groups is 1. The lowest BCUT2D eigenvalue weighted by Gasteiger charge is -2.38. The number of sulfonamides is 1. The Labute approximate surface area is 206 Å². The molecule has 1 aromatic carbocycles. The van der Waals surface area contributed by atoms with Crippen molar-refractivity contribution in [3.8, 4) is 5.75 Å². The number of piperidine rings is 1. The average Bonchev–Trinajstić information content (AvgIpc) is 3.51. The molecule has 0 aromatic heterocycles. The zero-order valence-corrected chi connectivity index (χ0v) is 21.0. The number of hydrogen-bond donors (Lipinski definition) is 2. The number of imide groups is 1. The number of nitrogens with zero attached hydrogens (tertiary/aromatic N) is 1. The van der Waals surface area contributed by atoms with Crippen LogP contribution in [0.2, 0.25) is 0 Å². The fourth-order valence-corrected chi connectivity index (χ4v) is 7.04. The first-order valence-corrected chi connectivity index (χ1v) is 14.2. The van der Waals surface area contributed by atoms with Crippen LogP contribution in [0.15, 0.2) is 18.2 Å². The highest BCUT2D eigenvalue weighted by molar-refractivity contribution is 7.89. The van der Waals surface area contributed by atoms with Gasteiger partial charge in [-0.3, -0.25) is 14.9 Å². The first-order valence-electron chi connectivity index (χ1n) is 12.6. The van der Waals surface area contributed by atoms with Crippen LogP contribution in [0.1, 0.15) is 70.3 Å². The summed E-state index contributed by atoms with van der Waals surface area (Å²) in [6.07, 6.45) is 4.88. The Hall–Kier alpha value is -2.04. The van der Waals surface area contributed by atoms with Crippen LogP contribution in [0.25, 0.3) is 0 Å². The van der Waals surface area contributed by atoms with Crippen molar-refractivity contribution in [2.75, 3.05) is 18.9 Å². The van der Waals surface area contributed by atoms with Crippen LogP contribution >= 0.6 is 0 Å². The van der Waals surface area contributed by atoms with Crippen molar-refractivity contribution in [2.24, 2.45) is 11.8 Å². The summed E-state index contributed by atoms with van der Waals surface area (Å²) < 4.78 is 48.0. The van der Waals surface area contributed by atoms with Gasteiger partial charge in [-0.05, 0) is 75.0 Å². The molecule has 2 N–H and O–H groups in total. The van der Waals surface area contributed by atoms with E-state index in [-0.39, 0.29) is 48.5 Å². The summed E-state index contributed by atoms with van der Waals surface area (Å²) in [6, 6.07) is 3.61. The van der Waals surface area contributed by atoms with Gasteiger partial charge in [-0.15, -0.1) is 0 Å². The van der Waals surface area contributed by atoms with Crippen LogP contribution in [0.4, 0.5) is 4.39 Å². The van der Waals surface area contributed by atoms with Gasteiger partial charge in [-0.1, -0.05) is 13.0 Å². The molecule has 1 saturated carbocycles. The van der Waals surface area contributed by atoms with Crippen LogP contribution in [-0.2, 0) is 25.2 Å². The number of rotatable bonds is 11. The molecule has 2 heterocycles. The van der Waals surface area contributed by atoms with Gasteiger partial charge in [-0.25, -0.2) is 12.8 Å². The number of ether oxygens (including phenoxy) is 1. The van der Waals surface area contributed by atoms with Crippen molar-refractivity contribution in [1.82, 2.24) is 9.62 Å². The smallest absolute Gasteiger partial charge is 0.229 e. The summed E-state index contributed by atoms with van der Waals surface area (Å²) in [4.78, 5) is 23.3. The molecule has 10 heteroatoms. The molecule has 3 atom stereocenters. The molecular weight excluding hydrogens is 475 g/mol. The molecular formula is C25H35FN2O6S. The Balaban J connectivity index is 1.46. The zero-order valence-electron chi connectivity index (χ0n) is 20.2. The van der Waals surface area contributed by atoms with Crippen LogP contribution in [0.3, 0.4) is 0 Å². The Morgan fingerprint density at radius 1 is 1.23 bits per heavy atom. The minimum absolute atomic E-state index is 0.0814. The average molecular weight is 511 g/mol. The van der Waals surface area contributed by atoms with Crippen LogP contribution in [0, 0.1) is 17.7 Å². The summed E-state index contributed by atoms with van der Waals surface area (Å²) in [6.45, 7) is 2.53. The summed E-state index contributed by atoms with van der Waals surface area (Å²) >= 11 is 0. The SMILES string of the molecule is CCC(O)(c1ccc(F)c(OCC2CC2)c1)C1CCCN1S(=O)(=O)CCCC1CCC(=O)NC1=O. The highest BCUT2D eigenvalue weighted by Gasteiger charge is 2.47. The highest BCUT2D eigenvalue weighted by Crippen LogP contribution is 2.41. The Bertz CT molecular complexity index is 1060. The van der Waals surface area contributed by atoms with Gasteiger partial charge in [0.05, 0.1) is 18.4 Å². The lowest BCUT2D eigenvalue weighted by atomic mass is 9.83. The van der Waals surface area contributed by atoms with Gasteiger partial charge in [-0.2, -0.15) is 4.31 Å².